The summed E-state index contributed by atoms with van der Waals surface area (Å²) in [6.07, 6.45) is -0.998. The Morgan fingerprint density at radius 2 is 1.76 bits per heavy atom. The van der Waals surface area contributed by atoms with Gasteiger partial charge in [-0.15, -0.1) is 5.92 Å². The minimum atomic E-state index is -0.998. The van der Waals surface area contributed by atoms with Crippen molar-refractivity contribution >= 4 is 29.2 Å². The van der Waals surface area contributed by atoms with E-state index < -0.39 is 35.5 Å². The highest BCUT2D eigenvalue weighted by atomic mass is 16.5. The van der Waals surface area contributed by atoms with E-state index >= 15 is 0 Å². The summed E-state index contributed by atoms with van der Waals surface area (Å²) in [5, 5.41) is 9.30. The molecule has 0 saturated carbocycles. The fourth-order valence-electron chi connectivity index (χ4n) is 3.88. The average molecular weight is 519 g/mol. The molecular formula is C24H34N6O7. The molecule has 3 heterocycles. The number of carboxylic acid groups (broad SMARTS) is 1. The number of rotatable bonds is 8. The van der Waals surface area contributed by atoms with Crippen molar-refractivity contribution in [2.45, 2.75) is 54.4 Å². The molecule has 1 aliphatic rings. The summed E-state index contributed by atoms with van der Waals surface area (Å²) in [5.41, 5.74) is -1.84. The number of hydrogen-bond acceptors (Lipinski definition) is 8. The Hall–Kier alpha value is -3.79. The van der Waals surface area contributed by atoms with Gasteiger partial charge in [0, 0.05) is 32.8 Å². The van der Waals surface area contributed by atoms with Gasteiger partial charge in [-0.25, -0.2) is 14.2 Å². The summed E-state index contributed by atoms with van der Waals surface area (Å²) in [6.45, 7) is 10.1. The molecule has 1 aliphatic heterocycles. The van der Waals surface area contributed by atoms with Crippen LogP contribution in [0.1, 0.15) is 34.6 Å². The Balaban J connectivity index is 2.18. The number of esters is 1. The minimum absolute atomic E-state index is 0.124. The van der Waals surface area contributed by atoms with Gasteiger partial charge < -0.3 is 24.4 Å². The fourth-order valence-corrected chi connectivity index (χ4v) is 3.88. The van der Waals surface area contributed by atoms with Gasteiger partial charge in [0.05, 0.1) is 25.1 Å². The van der Waals surface area contributed by atoms with Crippen LogP contribution in [0.2, 0.25) is 0 Å². The van der Waals surface area contributed by atoms with Crippen molar-refractivity contribution in [3.63, 3.8) is 0 Å². The number of piperazine rings is 1. The number of amides is 1. The van der Waals surface area contributed by atoms with Crippen LogP contribution in [0.25, 0.3) is 11.2 Å². The van der Waals surface area contributed by atoms with Gasteiger partial charge in [0.1, 0.15) is 0 Å². The molecule has 1 amide bonds. The van der Waals surface area contributed by atoms with Crippen LogP contribution in [-0.4, -0.2) is 80.1 Å². The molecule has 0 bridgehead atoms. The summed E-state index contributed by atoms with van der Waals surface area (Å²) >= 11 is 0. The molecule has 0 aromatic carbocycles. The third-order valence-electron chi connectivity index (χ3n) is 5.94. The van der Waals surface area contributed by atoms with Crippen molar-refractivity contribution in [1.82, 2.24) is 23.6 Å². The summed E-state index contributed by atoms with van der Waals surface area (Å²) in [7, 11) is 0. The Kier molecular flexibility index (Phi) is 8.65. The third-order valence-corrected chi connectivity index (χ3v) is 5.94. The zero-order valence-corrected chi connectivity index (χ0v) is 21.9. The second-order valence-corrected chi connectivity index (χ2v) is 9.53. The molecule has 3 rings (SSSR count). The standard InChI is InChI=1S/C24H34N6O7/c1-6-8-9-28-17-18(25-21(28)26-10-12-27(13-11-26)23(34)35)29(14-15-36-7-2)22(33)30(19(17)31)16-37-20(32)24(3,4)5/h7,9-16H2,1-5H3,(H,34,35). The van der Waals surface area contributed by atoms with Gasteiger partial charge in [-0.1, -0.05) is 5.92 Å². The molecular weight excluding hydrogens is 484 g/mol. The summed E-state index contributed by atoms with van der Waals surface area (Å²) in [5.74, 6) is 5.62. The van der Waals surface area contributed by atoms with Crippen LogP contribution < -0.4 is 16.1 Å². The first-order chi connectivity index (χ1) is 17.5. The van der Waals surface area contributed by atoms with Gasteiger partial charge in [-0.05, 0) is 34.6 Å². The minimum Gasteiger partial charge on any atom is -0.465 e. The first-order valence-electron chi connectivity index (χ1n) is 12.1. The molecule has 1 fully saturated rings. The first kappa shape index (κ1) is 27.8. The molecule has 13 heteroatoms. The van der Waals surface area contributed by atoms with Crippen molar-refractivity contribution in [3.05, 3.63) is 20.8 Å². The molecule has 0 aliphatic carbocycles. The zero-order valence-electron chi connectivity index (χ0n) is 21.9. The lowest BCUT2D eigenvalue weighted by Gasteiger charge is -2.33. The number of carbonyl (C=O) groups is 2. The van der Waals surface area contributed by atoms with Gasteiger partial charge in [0.2, 0.25) is 5.95 Å². The maximum Gasteiger partial charge on any atom is 0.407 e. The van der Waals surface area contributed by atoms with Crippen molar-refractivity contribution in [2.24, 2.45) is 5.41 Å². The van der Waals surface area contributed by atoms with Crippen LogP contribution >= 0.6 is 0 Å². The number of nitrogens with zero attached hydrogens (tertiary/aromatic N) is 6. The van der Waals surface area contributed by atoms with Gasteiger partial charge in [0.15, 0.2) is 17.9 Å². The second kappa shape index (κ2) is 11.5. The third kappa shape index (κ3) is 5.96. The monoisotopic (exact) mass is 518 g/mol. The van der Waals surface area contributed by atoms with E-state index in [0.717, 1.165) is 4.57 Å². The van der Waals surface area contributed by atoms with Crippen molar-refractivity contribution < 1.29 is 24.2 Å². The fraction of sp³-hybridized carbons (Fsp3) is 0.625. The van der Waals surface area contributed by atoms with E-state index in [1.165, 1.54) is 9.47 Å². The predicted octanol–water partition coefficient (Wildman–Crippen LogP) is 0.766. The molecule has 1 saturated heterocycles. The summed E-state index contributed by atoms with van der Waals surface area (Å²) in [6, 6.07) is 0. The quantitative estimate of drug-likeness (QED) is 0.305. The average Bonchev–Trinajstić information content (AvgIpc) is 3.23. The number of hydrogen-bond donors (Lipinski definition) is 1. The van der Waals surface area contributed by atoms with Crippen LogP contribution in [-0.2, 0) is 34.1 Å². The normalized spacial score (nSPS) is 14.0. The lowest BCUT2D eigenvalue weighted by Crippen LogP contribution is -2.49. The number of fused-ring (bicyclic) bond motifs is 1. The molecule has 0 unspecified atom stereocenters. The Labute approximate surface area is 214 Å². The van der Waals surface area contributed by atoms with E-state index in [4.69, 9.17) is 9.47 Å². The highest BCUT2D eigenvalue weighted by Gasteiger charge is 2.29. The first-order valence-corrected chi connectivity index (χ1v) is 12.1. The smallest absolute Gasteiger partial charge is 0.407 e. The van der Waals surface area contributed by atoms with E-state index in [0.29, 0.717) is 25.6 Å². The van der Waals surface area contributed by atoms with Gasteiger partial charge in [0.25, 0.3) is 5.56 Å². The second-order valence-electron chi connectivity index (χ2n) is 9.53. The van der Waals surface area contributed by atoms with Gasteiger partial charge in [-0.3, -0.25) is 18.7 Å². The van der Waals surface area contributed by atoms with Gasteiger partial charge in [-0.2, -0.15) is 4.98 Å². The zero-order chi connectivity index (χ0) is 27.3. The van der Waals surface area contributed by atoms with E-state index in [2.05, 4.69) is 16.8 Å². The molecule has 2 aromatic heterocycles. The largest absolute Gasteiger partial charge is 0.465 e. The molecule has 202 valence electrons. The highest BCUT2D eigenvalue weighted by molar-refractivity contribution is 5.76. The van der Waals surface area contributed by atoms with Crippen LogP contribution in [0.5, 0.6) is 0 Å². The van der Waals surface area contributed by atoms with E-state index in [1.54, 1.807) is 32.3 Å². The number of anilines is 1. The van der Waals surface area contributed by atoms with Crippen molar-refractivity contribution in [2.75, 3.05) is 44.3 Å². The Morgan fingerprint density at radius 1 is 1.08 bits per heavy atom. The lowest BCUT2D eigenvalue weighted by molar-refractivity contribution is -0.157. The number of ether oxygens (including phenoxy) is 2. The van der Waals surface area contributed by atoms with Crippen LogP contribution in [0, 0.1) is 17.3 Å². The van der Waals surface area contributed by atoms with E-state index in [-0.39, 0.29) is 43.9 Å². The van der Waals surface area contributed by atoms with Crippen molar-refractivity contribution in [3.8, 4) is 11.8 Å². The number of imidazole rings is 1. The topological polar surface area (TPSA) is 141 Å². The molecule has 0 radical (unpaired) electrons. The maximum absolute atomic E-state index is 13.6. The molecule has 13 nitrogen and oxygen atoms in total. The van der Waals surface area contributed by atoms with Gasteiger partial charge >= 0.3 is 17.8 Å². The molecule has 0 spiro atoms. The van der Waals surface area contributed by atoms with Crippen molar-refractivity contribution in [1.29, 1.82) is 0 Å². The molecule has 2 aromatic rings. The lowest BCUT2D eigenvalue weighted by atomic mass is 9.98. The molecule has 1 N–H and O–H groups in total. The van der Waals surface area contributed by atoms with Crippen LogP contribution in [0.4, 0.5) is 10.7 Å². The Morgan fingerprint density at radius 3 is 2.32 bits per heavy atom. The number of carbonyl (C=O) groups excluding carboxylic acids is 1. The molecule has 37 heavy (non-hydrogen) atoms. The molecule has 0 atom stereocenters. The predicted molar refractivity (Wildman–Crippen MR) is 136 cm³/mol. The van der Waals surface area contributed by atoms with Crippen LogP contribution in [0.3, 0.4) is 0 Å². The summed E-state index contributed by atoms with van der Waals surface area (Å²) in [4.78, 5) is 58.6. The van der Waals surface area contributed by atoms with E-state index in [1.807, 2.05) is 11.8 Å². The highest BCUT2D eigenvalue weighted by Crippen LogP contribution is 2.22. The summed E-state index contributed by atoms with van der Waals surface area (Å²) < 4.78 is 14.6. The maximum atomic E-state index is 13.6. The van der Waals surface area contributed by atoms with E-state index in [9.17, 15) is 24.3 Å². The SMILES string of the molecule is CC#CCn1c(N2CCN(C(=O)O)CC2)nc2c1c(=O)n(COC(=O)C(C)(C)C)c(=O)n2CCOCC. The number of aromatic nitrogens is 4. The van der Waals surface area contributed by atoms with Crippen LogP contribution in [0.15, 0.2) is 9.59 Å². The Bertz CT molecular complexity index is 1330.